The SMILES string of the molecule is CC(C)CCCC(C)C1CCC2C3CC=C4CC(OC(=O)CCC(=O)ONC5C(O)OC(CO)C(O)C5O)CCC4(C)C3CCC12C. The molecule has 0 spiro atoms. The van der Waals surface area contributed by atoms with Crippen molar-refractivity contribution in [3.8, 4) is 0 Å². The molecule has 4 fully saturated rings. The highest BCUT2D eigenvalue weighted by Gasteiger charge is 2.59. The molecular weight excluding hydrogens is 602 g/mol. The highest BCUT2D eigenvalue weighted by Crippen LogP contribution is 2.67. The van der Waals surface area contributed by atoms with E-state index in [-0.39, 0.29) is 24.4 Å². The number of carbonyl (C=O) groups excluding carboxylic acids is 2. The van der Waals surface area contributed by atoms with E-state index in [9.17, 15) is 30.0 Å². The number of fused-ring (bicyclic) bond motifs is 5. The molecule has 5 N–H and O–H groups in total. The van der Waals surface area contributed by atoms with E-state index in [1.165, 1.54) is 50.5 Å². The highest BCUT2D eigenvalue weighted by molar-refractivity contribution is 5.77. The number of hydrogen-bond donors (Lipinski definition) is 5. The Morgan fingerprint density at radius 2 is 1.72 bits per heavy atom. The van der Waals surface area contributed by atoms with Crippen LogP contribution in [0.25, 0.3) is 0 Å². The van der Waals surface area contributed by atoms with Crippen molar-refractivity contribution in [3.05, 3.63) is 11.6 Å². The van der Waals surface area contributed by atoms with Gasteiger partial charge in [-0.3, -0.25) is 9.59 Å². The first-order valence-corrected chi connectivity index (χ1v) is 18.4. The van der Waals surface area contributed by atoms with Gasteiger partial charge in [0.1, 0.15) is 30.5 Å². The number of nitrogens with one attached hydrogen (secondary N) is 1. The fourth-order valence-electron chi connectivity index (χ4n) is 10.6. The summed E-state index contributed by atoms with van der Waals surface area (Å²) in [5, 5.41) is 39.4. The molecule has 0 aromatic heterocycles. The van der Waals surface area contributed by atoms with Crippen LogP contribution in [0.1, 0.15) is 118 Å². The van der Waals surface area contributed by atoms with Crippen molar-refractivity contribution in [1.82, 2.24) is 5.48 Å². The lowest BCUT2D eigenvalue weighted by Gasteiger charge is -2.58. The minimum absolute atomic E-state index is 0.156. The van der Waals surface area contributed by atoms with Crippen LogP contribution < -0.4 is 5.48 Å². The Labute approximate surface area is 281 Å². The molecule has 4 aliphatic carbocycles. The van der Waals surface area contributed by atoms with Gasteiger partial charge in [0.05, 0.1) is 19.4 Å². The molecule has 0 aromatic rings. The van der Waals surface area contributed by atoms with Gasteiger partial charge < -0.3 is 34.7 Å². The molecule has 1 aliphatic heterocycles. The van der Waals surface area contributed by atoms with Crippen LogP contribution in [0.4, 0.5) is 0 Å². The highest BCUT2D eigenvalue weighted by atomic mass is 16.7. The molecule has 5 aliphatic rings. The summed E-state index contributed by atoms with van der Waals surface area (Å²) in [6.45, 7) is 11.7. The smallest absolute Gasteiger partial charge is 0.325 e. The number of allylic oxidation sites excluding steroid dienone is 1. The van der Waals surface area contributed by atoms with Gasteiger partial charge in [-0.25, -0.2) is 0 Å². The van der Waals surface area contributed by atoms with Crippen LogP contribution in [0.5, 0.6) is 0 Å². The molecule has 0 amide bonds. The zero-order valence-corrected chi connectivity index (χ0v) is 29.2. The summed E-state index contributed by atoms with van der Waals surface area (Å²) in [6.07, 6.45) is 9.23. The molecule has 47 heavy (non-hydrogen) atoms. The van der Waals surface area contributed by atoms with Gasteiger partial charge in [-0.15, -0.1) is 5.48 Å². The van der Waals surface area contributed by atoms with E-state index in [0.717, 1.165) is 55.3 Å². The molecule has 10 heteroatoms. The van der Waals surface area contributed by atoms with E-state index in [2.05, 4.69) is 46.2 Å². The lowest BCUT2D eigenvalue weighted by atomic mass is 9.47. The molecule has 5 rings (SSSR count). The van der Waals surface area contributed by atoms with E-state index in [1.807, 2.05) is 0 Å². The third kappa shape index (κ3) is 7.63. The minimum Gasteiger partial charge on any atom is -0.462 e. The molecule has 0 radical (unpaired) electrons. The zero-order chi connectivity index (χ0) is 34.1. The number of esters is 1. The Morgan fingerprint density at radius 1 is 0.979 bits per heavy atom. The van der Waals surface area contributed by atoms with Gasteiger partial charge in [0.2, 0.25) is 0 Å². The van der Waals surface area contributed by atoms with Crippen molar-refractivity contribution >= 4 is 11.9 Å². The van der Waals surface area contributed by atoms with Crippen molar-refractivity contribution in [2.75, 3.05) is 6.61 Å². The van der Waals surface area contributed by atoms with Gasteiger partial charge in [0.15, 0.2) is 6.29 Å². The third-order valence-electron chi connectivity index (χ3n) is 13.3. The molecule has 13 atom stereocenters. The quantitative estimate of drug-likeness (QED) is 0.114. The van der Waals surface area contributed by atoms with E-state index in [4.69, 9.17) is 14.3 Å². The van der Waals surface area contributed by atoms with Gasteiger partial charge in [-0.05, 0) is 91.3 Å². The fraction of sp³-hybridized carbons (Fsp3) is 0.892. The van der Waals surface area contributed by atoms with Crippen LogP contribution in [0.3, 0.4) is 0 Å². The lowest BCUT2D eigenvalue weighted by molar-refractivity contribution is -0.267. The Bertz CT molecular complexity index is 1130. The van der Waals surface area contributed by atoms with Gasteiger partial charge >= 0.3 is 11.9 Å². The second-order valence-corrected chi connectivity index (χ2v) is 16.5. The monoisotopic (exact) mass is 663 g/mol. The summed E-state index contributed by atoms with van der Waals surface area (Å²) in [5.41, 5.74) is 4.28. The maximum atomic E-state index is 12.7. The van der Waals surface area contributed by atoms with E-state index in [0.29, 0.717) is 11.3 Å². The minimum atomic E-state index is -1.62. The summed E-state index contributed by atoms with van der Waals surface area (Å²) >= 11 is 0. The molecule has 0 aromatic carbocycles. The predicted octanol–water partition coefficient (Wildman–Crippen LogP) is 4.57. The van der Waals surface area contributed by atoms with Crippen LogP contribution in [0, 0.1) is 46.3 Å². The summed E-state index contributed by atoms with van der Waals surface area (Å²) in [6, 6.07) is -1.32. The number of ether oxygens (including phenoxy) is 2. The Balaban J connectivity index is 1.09. The predicted molar refractivity (Wildman–Crippen MR) is 175 cm³/mol. The van der Waals surface area contributed by atoms with Crippen LogP contribution in [-0.2, 0) is 23.9 Å². The molecule has 1 heterocycles. The summed E-state index contributed by atoms with van der Waals surface area (Å²) in [7, 11) is 0. The zero-order valence-electron chi connectivity index (χ0n) is 29.2. The van der Waals surface area contributed by atoms with Crippen molar-refractivity contribution in [2.24, 2.45) is 46.3 Å². The number of rotatable bonds is 12. The largest absolute Gasteiger partial charge is 0.462 e. The van der Waals surface area contributed by atoms with Gasteiger partial charge in [0, 0.05) is 6.42 Å². The van der Waals surface area contributed by atoms with Gasteiger partial charge in [-0.1, -0.05) is 65.5 Å². The Morgan fingerprint density at radius 3 is 2.45 bits per heavy atom. The Hall–Kier alpha value is -1.56. The molecule has 268 valence electrons. The second-order valence-electron chi connectivity index (χ2n) is 16.5. The first-order valence-electron chi connectivity index (χ1n) is 18.4. The molecular formula is C37H61NO9. The number of aliphatic hydroxyl groups is 4. The first kappa shape index (κ1) is 36.7. The number of carbonyl (C=O) groups is 2. The molecule has 1 saturated heterocycles. The topological polar surface area (TPSA) is 155 Å². The van der Waals surface area contributed by atoms with E-state index in [1.54, 1.807) is 0 Å². The van der Waals surface area contributed by atoms with E-state index < -0.39 is 49.2 Å². The normalized spacial score (nSPS) is 42.1. The average molecular weight is 664 g/mol. The molecule has 13 unspecified atom stereocenters. The van der Waals surface area contributed by atoms with Crippen LogP contribution in [0.2, 0.25) is 0 Å². The van der Waals surface area contributed by atoms with Gasteiger partial charge in [-0.2, -0.15) is 0 Å². The van der Waals surface area contributed by atoms with Crippen molar-refractivity contribution in [3.63, 3.8) is 0 Å². The fourth-order valence-corrected chi connectivity index (χ4v) is 10.6. The summed E-state index contributed by atoms with van der Waals surface area (Å²) < 4.78 is 10.9. The standard InChI is InChI=1S/C37H61NO9/c1-21(2)7-6-8-22(3)26-11-12-27-25-10-9-23-19-24(15-17-36(23,4)28(25)16-18-37(26,27)5)45-30(40)13-14-31(41)47-38-32-34(43)33(42)29(20-39)46-35(32)44/h9,21-22,24-29,32-35,38-39,42-44H,6-8,10-20H2,1-5H3. The molecule has 3 saturated carbocycles. The van der Waals surface area contributed by atoms with Gasteiger partial charge in [0.25, 0.3) is 0 Å². The van der Waals surface area contributed by atoms with Crippen LogP contribution >= 0.6 is 0 Å². The molecule has 0 bridgehead atoms. The maximum Gasteiger partial charge on any atom is 0.325 e. The number of hydrogen-bond acceptors (Lipinski definition) is 10. The molecule has 10 nitrogen and oxygen atoms in total. The van der Waals surface area contributed by atoms with Crippen molar-refractivity contribution in [2.45, 2.75) is 155 Å². The van der Waals surface area contributed by atoms with Crippen molar-refractivity contribution < 1.29 is 44.3 Å². The third-order valence-corrected chi connectivity index (χ3v) is 13.3. The lowest BCUT2D eigenvalue weighted by Crippen LogP contribution is -2.63. The summed E-state index contributed by atoms with van der Waals surface area (Å²) in [4.78, 5) is 29.9. The second kappa shape index (κ2) is 15.1. The van der Waals surface area contributed by atoms with Crippen LogP contribution in [-0.4, -0.2) is 75.7 Å². The first-order chi connectivity index (χ1) is 22.3. The number of aliphatic hydroxyl groups excluding tert-OH is 4. The van der Waals surface area contributed by atoms with Crippen molar-refractivity contribution in [1.29, 1.82) is 0 Å². The average Bonchev–Trinajstić information content (AvgIpc) is 3.39. The number of hydroxylamine groups is 1. The maximum absolute atomic E-state index is 12.7. The Kier molecular flexibility index (Phi) is 11.8. The van der Waals surface area contributed by atoms with E-state index >= 15 is 0 Å². The van der Waals surface area contributed by atoms with Crippen LogP contribution in [0.15, 0.2) is 11.6 Å². The summed E-state index contributed by atoms with van der Waals surface area (Å²) in [5.74, 6) is 3.44.